The summed E-state index contributed by atoms with van der Waals surface area (Å²) in [6.45, 7) is 2.18. The van der Waals surface area contributed by atoms with E-state index in [1.165, 1.54) is 19.3 Å². The third-order valence-corrected chi connectivity index (χ3v) is 2.54. The monoisotopic (exact) mass is 111 g/mol. The minimum atomic E-state index is 0.251. The van der Waals surface area contributed by atoms with Crippen LogP contribution in [0, 0.1) is 11.8 Å². The van der Waals surface area contributed by atoms with Crippen LogP contribution in [0.2, 0.25) is 0 Å². The zero-order valence-corrected chi connectivity index (χ0v) is 5.35. The van der Waals surface area contributed by atoms with E-state index < -0.39 is 0 Å². The summed E-state index contributed by atoms with van der Waals surface area (Å²) >= 11 is 0. The van der Waals surface area contributed by atoms with Gasteiger partial charge in [0.15, 0.2) is 0 Å². The van der Waals surface area contributed by atoms with E-state index in [1.54, 1.807) is 0 Å². The van der Waals surface area contributed by atoms with Crippen LogP contribution in [-0.4, -0.2) is 5.54 Å². The van der Waals surface area contributed by atoms with Gasteiger partial charge in [0.05, 0.1) is 0 Å². The molecule has 46 valence electrons. The lowest BCUT2D eigenvalue weighted by Gasteiger charge is -1.98. The third-order valence-electron chi connectivity index (χ3n) is 2.54. The van der Waals surface area contributed by atoms with Crippen molar-refractivity contribution in [2.75, 3.05) is 0 Å². The van der Waals surface area contributed by atoms with E-state index in [0.717, 1.165) is 11.8 Å². The van der Waals surface area contributed by atoms with Gasteiger partial charge in [0.1, 0.15) is 0 Å². The molecule has 1 nitrogen and oxygen atoms in total. The number of nitrogens with two attached hydrogens (primary N) is 1. The zero-order chi connectivity index (χ0) is 5.78. The summed E-state index contributed by atoms with van der Waals surface area (Å²) in [5.74, 6) is 1.94. The van der Waals surface area contributed by atoms with Gasteiger partial charge in [-0.05, 0) is 38.0 Å². The maximum atomic E-state index is 5.85. The van der Waals surface area contributed by atoms with Crippen molar-refractivity contribution in [2.45, 2.75) is 31.7 Å². The normalized spacial score (nSPS) is 54.0. The third kappa shape index (κ3) is 0.576. The highest BCUT2D eigenvalue weighted by Crippen LogP contribution is 2.55. The molecule has 0 aromatic heterocycles. The van der Waals surface area contributed by atoms with Gasteiger partial charge in [0.25, 0.3) is 0 Å². The molecule has 0 aromatic carbocycles. The fourth-order valence-electron chi connectivity index (χ4n) is 1.62. The maximum absolute atomic E-state index is 5.85. The van der Waals surface area contributed by atoms with Crippen molar-refractivity contribution in [3.8, 4) is 0 Å². The highest BCUT2D eigenvalue weighted by molar-refractivity contribution is 5.09. The Morgan fingerprint density at radius 1 is 1.50 bits per heavy atom. The van der Waals surface area contributed by atoms with Crippen molar-refractivity contribution in [2.24, 2.45) is 17.6 Å². The molecule has 2 N–H and O–H groups in total. The smallest absolute Gasteiger partial charge is 0.0161 e. The van der Waals surface area contributed by atoms with Gasteiger partial charge in [0.2, 0.25) is 0 Å². The molecule has 0 aliphatic heterocycles. The van der Waals surface area contributed by atoms with Gasteiger partial charge in [-0.15, -0.1) is 0 Å². The van der Waals surface area contributed by atoms with Gasteiger partial charge in [-0.3, -0.25) is 0 Å². The largest absolute Gasteiger partial charge is 0.325 e. The molecule has 0 aromatic rings. The zero-order valence-electron chi connectivity index (χ0n) is 5.35. The first kappa shape index (κ1) is 4.80. The first-order valence-corrected chi connectivity index (χ1v) is 3.49. The molecule has 2 rings (SSSR count). The maximum Gasteiger partial charge on any atom is 0.0161 e. The van der Waals surface area contributed by atoms with E-state index in [-0.39, 0.29) is 5.54 Å². The minimum Gasteiger partial charge on any atom is -0.325 e. The Hall–Kier alpha value is -0.0400. The van der Waals surface area contributed by atoms with Crippen LogP contribution < -0.4 is 5.73 Å². The molecule has 0 saturated heterocycles. The average Bonchev–Trinajstić information content (AvgIpc) is 2.37. The van der Waals surface area contributed by atoms with Gasteiger partial charge < -0.3 is 5.73 Å². The molecule has 0 spiro atoms. The predicted octanol–water partition coefficient (Wildman–Crippen LogP) is 1.13. The standard InChI is InChI=1S/C7H13N/c1-7(8)4-6(7)5-2-3-5/h5-6H,2-4,8H2,1H3. The lowest BCUT2D eigenvalue weighted by atomic mass is 10.2. The van der Waals surface area contributed by atoms with E-state index in [0.29, 0.717) is 0 Å². The Labute approximate surface area is 50.3 Å². The molecule has 0 heterocycles. The van der Waals surface area contributed by atoms with E-state index in [9.17, 15) is 0 Å². The van der Waals surface area contributed by atoms with E-state index in [4.69, 9.17) is 5.73 Å². The Kier molecular flexibility index (Phi) is 0.663. The van der Waals surface area contributed by atoms with Crippen LogP contribution >= 0.6 is 0 Å². The Morgan fingerprint density at radius 2 is 2.00 bits per heavy atom. The molecule has 0 amide bonds. The van der Waals surface area contributed by atoms with Crippen LogP contribution in [0.25, 0.3) is 0 Å². The second-order valence-electron chi connectivity index (χ2n) is 3.65. The summed E-state index contributed by atoms with van der Waals surface area (Å²) in [4.78, 5) is 0. The van der Waals surface area contributed by atoms with Crippen molar-refractivity contribution in [1.29, 1.82) is 0 Å². The average molecular weight is 111 g/mol. The van der Waals surface area contributed by atoms with Gasteiger partial charge in [-0.2, -0.15) is 0 Å². The Balaban J connectivity index is 1.95. The molecule has 0 radical (unpaired) electrons. The first-order chi connectivity index (χ1) is 3.70. The van der Waals surface area contributed by atoms with Gasteiger partial charge >= 0.3 is 0 Å². The van der Waals surface area contributed by atoms with Crippen LogP contribution in [0.4, 0.5) is 0 Å². The van der Waals surface area contributed by atoms with Crippen LogP contribution in [-0.2, 0) is 0 Å². The Morgan fingerprint density at radius 3 is 2.12 bits per heavy atom. The van der Waals surface area contributed by atoms with E-state index in [1.807, 2.05) is 0 Å². The highest BCUT2D eigenvalue weighted by Gasteiger charge is 2.54. The minimum absolute atomic E-state index is 0.251. The van der Waals surface area contributed by atoms with Gasteiger partial charge in [-0.1, -0.05) is 0 Å². The topological polar surface area (TPSA) is 26.0 Å². The fourth-order valence-corrected chi connectivity index (χ4v) is 1.62. The van der Waals surface area contributed by atoms with Crippen LogP contribution in [0.15, 0.2) is 0 Å². The lowest BCUT2D eigenvalue weighted by Crippen LogP contribution is -2.20. The van der Waals surface area contributed by atoms with Crippen molar-refractivity contribution in [1.82, 2.24) is 0 Å². The molecule has 8 heavy (non-hydrogen) atoms. The molecule has 2 saturated carbocycles. The van der Waals surface area contributed by atoms with E-state index >= 15 is 0 Å². The molecule has 2 aliphatic carbocycles. The molecule has 1 heteroatoms. The molecular weight excluding hydrogens is 98.1 g/mol. The van der Waals surface area contributed by atoms with Crippen molar-refractivity contribution >= 4 is 0 Å². The van der Waals surface area contributed by atoms with Crippen molar-refractivity contribution in [3.63, 3.8) is 0 Å². The lowest BCUT2D eigenvalue weighted by molar-refractivity contribution is 0.590. The van der Waals surface area contributed by atoms with Crippen molar-refractivity contribution in [3.05, 3.63) is 0 Å². The van der Waals surface area contributed by atoms with Crippen molar-refractivity contribution < 1.29 is 0 Å². The van der Waals surface area contributed by atoms with Crippen LogP contribution in [0.1, 0.15) is 26.2 Å². The summed E-state index contributed by atoms with van der Waals surface area (Å²) in [5, 5.41) is 0. The van der Waals surface area contributed by atoms with Gasteiger partial charge in [0, 0.05) is 5.54 Å². The molecular formula is C7H13N. The highest BCUT2D eigenvalue weighted by atomic mass is 14.9. The summed E-state index contributed by atoms with van der Waals surface area (Å²) < 4.78 is 0. The summed E-state index contributed by atoms with van der Waals surface area (Å²) in [5.41, 5.74) is 6.10. The quantitative estimate of drug-likeness (QED) is 0.539. The predicted molar refractivity (Wildman–Crippen MR) is 33.4 cm³/mol. The van der Waals surface area contributed by atoms with Gasteiger partial charge in [-0.25, -0.2) is 0 Å². The molecule has 2 fully saturated rings. The van der Waals surface area contributed by atoms with E-state index in [2.05, 4.69) is 6.92 Å². The molecule has 2 unspecified atom stereocenters. The first-order valence-electron chi connectivity index (χ1n) is 3.49. The fraction of sp³-hybridized carbons (Fsp3) is 1.00. The second kappa shape index (κ2) is 1.10. The molecule has 2 atom stereocenters. The SMILES string of the molecule is CC1(N)CC1C1CC1. The van der Waals surface area contributed by atoms with Crippen LogP contribution in [0.5, 0.6) is 0 Å². The number of rotatable bonds is 1. The molecule has 0 bridgehead atoms. The Bertz CT molecular complexity index is 114. The molecule has 2 aliphatic rings. The second-order valence-corrected chi connectivity index (χ2v) is 3.65. The summed E-state index contributed by atoms with van der Waals surface area (Å²) in [7, 11) is 0. The number of hydrogen-bond acceptors (Lipinski definition) is 1. The summed E-state index contributed by atoms with van der Waals surface area (Å²) in [6.07, 6.45) is 4.20. The van der Waals surface area contributed by atoms with Crippen LogP contribution in [0.3, 0.4) is 0 Å². The number of hydrogen-bond donors (Lipinski definition) is 1. The summed E-state index contributed by atoms with van der Waals surface area (Å²) in [6, 6.07) is 0.